The minimum atomic E-state index is -0.611. The fourth-order valence-corrected chi connectivity index (χ4v) is 1.82. The maximum absolute atomic E-state index is 13.5. The van der Waals surface area contributed by atoms with Crippen molar-refractivity contribution in [3.63, 3.8) is 0 Å². The van der Waals surface area contributed by atoms with Gasteiger partial charge in [-0.25, -0.2) is 8.78 Å². The molecule has 2 aromatic carbocycles. The molecule has 20 heavy (non-hydrogen) atoms. The van der Waals surface area contributed by atoms with Crippen molar-refractivity contribution in [1.82, 2.24) is 0 Å². The first-order valence-electron chi connectivity index (χ1n) is 6.07. The first-order chi connectivity index (χ1) is 9.63. The molecule has 0 bridgehead atoms. The van der Waals surface area contributed by atoms with Gasteiger partial charge in [-0.05, 0) is 29.8 Å². The lowest BCUT2D eigenvalue weighted by molar-refractivity contribution is 0.281. The minimum Gasteiger partial charge on any atom is -0.496 e. The average Bonchev–Trinajstić information content (AvgIpc) is 2.47. The third-order valence-corrected chi connectivity index (χ3v) is 2.86. The Morgan fingerprint density at radius 1 is 1.05 bits per heavy atom. The summed E-state index contributed by atoms with van der Waals surface area (Å²) in [6.45, 7) is 0.447. The summed E-state index contributed by atoms with van der Waals surface area (Å²) in [6, 6.07) is 8.49. The molecule has 0 aliphatic heterocycles. The van der Waals surface area contributed by atoms with Crippen LogP contribution in [0, 0.1) is 11.6 Å². The van der Waals surface area contributed by atoms with Gasteiger partial charge in [-0.3, -0.25) is 0 Å². The predicted molar refractivity (Wildman–Crippen MR) is 71.6 cm³/mol. The van der Waals surface area contributed by atoms with Crippen molar-refractivity contribution in [3.8, 4) is 11.5 Å². The van der Waals surface area contributed by atoms with E-state index >= 15 is 0 Å². The number of rotatable bonds is 5. The number of hydrogen-bond acceptors (Lipinski definition) is 3. The van der Waals surface area contributed by atoms with Crippen LogP contribution in [0.2, 0.25) is 0 Å². The third-order valence-electron chi connectivity index (χ3n) is 2.86. The lowest BCUT2D eigenvalue weighted by Crippen LogP contribution is -2.03. The van der Waals surface area contributed by atoms with Crippen LogP contribution in [0.5, 0.6) is 11.5 Å². The lowest BCUT2D eigenvalue weighted by atomic mass is 10.1. The summed E-state index contributed by atoms with van der Waals surface area (Å²) in [6.07, 6.45) is 0. The maximum atomic E-state index is 13.5. The summed E-state index contributed by atoms with van der Waals surface area (Å²) in [4.78, 5) is 0. The van der Waals surface area contributed by atoms with E-state index in [9.17, 15) is 8.78 Å². The van der Waals surface area contributed by atoms with Crippen molar-refractivity contribution in [2.75, 3.05) is 7.11 Å². The van der Waals surface area contributed by atoms with Gasteiger partial charge in [0.25, 0.3) is 0 Å². The molecule has 2 rings (SSSR count). The van der Waals surface area contributed by atoms with Gasteiger partial charge in [0.1, 0.15) is 18.2 Å². The molecule has 2 N–H and O–H groups in total. The van der Waals surface area contributed by atoms with Crippen LogP contribution in [0.1, 0.15) is 11.1 Å². The van der Waals surface area contributed by atoms with Gasteiger partial charge >= 0.3 is 0 Å². The molecule has 0 radical (unpaired) electrons. The van der Waals surface area contributed by atoms with Crippen molar-refractivity contribution < 1.29 is 18.3 Å². The molecule has 0 saturated heterocycles. The number of benzene rings is 2. The Morgan fingerprint density at radius 2 is 1.85 bits per heavy atom. The van der Waals surface area contributed by atoms with Crippen molar-refractivity contribution in [2.24, 2.45) is 5.73 Å². The van der Waals surface area contributed by atoms with E-state index in [1.807, 2.05) is 12.1 Å². The molecular weight excluding hydrogens is 264 g/mol. The molecule has 106 valence electrons. The maximum Gasteiger partial charge on any atom is 0.165 e. The van der Waals surface area contributed by atoms with Crippen molar-refractivity contribution in [1.29, 1.82) is 0 Å². The van der Waals surface area contributed by atoms with Crippen LogP contribution < -0.4 is 15.2 Å². The van der Waals surface area contributed by atoms with Crippen LogP contribution in [0.3, 0.4) is 0 Å². The molecule has 0 aliphatic rings. The highest BCUT2D eigenvalue weighted by Crippen LogP contribution is 2.24. The summed E-state index contributed by atoms with van der Waals surface area (Å²) in [5, 5.41) is 0. The number of hydrogen-bond donors (Lipinski definition) is 1. The van der Waals surface area contributed by atoms with Crippen LogP contribution in [0.4, 0.5) is 8.78 Å². The Morgan fingerprint density at radius 3 is 2.55 bits per heavy atom. The highest BCUT2D eigenvalue weighted by molar-refractivity contribution is 5.37. The summed E-state index contributed by atoms with van der Waals surface area (Å²) in [7, 11) is 1.53. The zero-order valence-electron chi connectivity index (χ0n) is 11.0. The topological polar surface area (TPSA) is 44.5 Å². The van der Waals surface area contributed by atoms with Crippen molar-refractivity contribution >= 4 is 0 Å². The van der Waals surface area contributed by atoms with E-state index in [2.05, 4.69) is 0 Å². The van der Waals surface area contributed by atoms with Crippen LogP contribution in [0.15, 0.2) is 36.4 Å². The number of halogens is 2. The summed E-state index contributed by atoms with van der Waals surface area (Å²) < 4.78 is 37.0. The van der Waals surface area contributed by atoms with Crippen LogP contribution >= 0.6 is 0 Å². The Balaban J connectivity index is 2.19. The van der Waals surface area contributed by atoms with Gasteiger partial charge in [0.05, 0.1) is 7.11 Å². The second-order valence-corrected chi connectivity index (χ2v) is 4.21. The Hall–Kier alpha value is -2.14. The molecule has 0 fully saturated rings. The van der Waals surface area contributed by atoms with Gasteiger partial charge in [-0.2, -0.15) is 0 Å². The largest absolute Gasteiger partial charge is 0.496 e. The molecule has 0 amide bonds. The molecule has 0 aliphatic carbocycles. The highest BCUT2D eigenvalue weighted by Gasteiger charge is 2.09. The van der Waals surface area contributed by atoms with E-state index in [0.29, 0.717) is 12.3 Å². The molecular formula is C15H15F2NO2. The molecule has 0 saturated carbocycles. The molecule has 0 heterocycles. The quantitative estimate of drug-likeness (QED) is 0.915. The van der Waals surface area contributed by atoms with Gasteiger partial charge in [-0.1, -0.05) is 6.07 Å². The van der Waals surface area contributed by atoms with Gasteiger partial charge < -0.3 is 15.2 Å². The summed E-state index contributed by atoms with van der Waals surface area (Å²) >= 11 is 0. The van der Waals surface area contributed by atoms with E-state index in [0.717, 1.165) is 29.3 Å². The van der Waals surface area contributed by atoms with Crippen LogP contribution in [-0.4, -0.2) is 7.11 Å². The van der Waals surface area contributed by atoms with Crippen molar-refractivity contribution in [3.05, 3.63) is 59.2 Å². The molecule has 0 atom stereocenters. The lowest BCUT2D eigenvalue weighted by Gasteiger charge is -2.12. The predicted octanol–water partition coefficient (Wildman–Crippen LogP) is 3.01. The number of methoxy groups -OCH3 is 1. The fourth-order valence-electron chi connectivity index (χ4n) is 1.82. The molecule has 0 aromatic heterocycles. The zero-order chi connectivity index (χ0) is 14.5. The minimum absolute atomic E-state index is 0.0669. The van der Waals surface area contributed by atoms with Gasteiger partial charge in [-0.15, -0.1) is 0 Å². The Bertz CT molecular complexity index is 602. The first kappa shape index (κ1) is 14.3. The van der Waals surface area contributed by atoms with E-state index < -0.39 is 11.6 Å². The van der Waals surface area contributed by atoms with Gasteiger partial charge in [0.2, 0.25) is 0 Å². The summed E-state index contributed by atoms with van der Waals surface area (Å²) in [5.74, 6) is -0.686. The first-order valence-corrected chi connectivity index (χ1v) is 6.07. The molecule has 3 nitrogen and oxygen atoms in total. The highest BCUT2D eigenvalue weighted by atomic mass is 19.1. The van der Waals surface area contributed by atoms with E-state index in [1.54, 1.807) is 6.07 Å². The SMILES string of the molecule is COc1ccc(CN)cc1COc1cc(F)ccc1F. The standard InChI is InChI=1S/C15H15F2NO2/c1-19-14-5-2-10(8-18)6-11(14)9-20-15-7-12(16)3-4-13(15)17/h2-7H,8-9,18H2,1H3. The molecule has 2 aromatic rings. The second-order valence-electron chi connectivity index (χ2n) is 4.21. The van der Waals surface area contributed by atoms with Crippen molar-refractivity contribution in [2.45, 2.75) is 13.2 Å². The fraction of sp³-hybridized carbons (Fsp3) is 0.200. The third kappa shape index (κ3) is 3.24. The number of ether oxygens (including phenoxy) is 2. The average molecular weight is 279 g/mol. The molecule has 5 heteroatoms. The molecule has 0 spiro atoms. The monoisotopic (exact) mass is 279 g/mol. The van der Waals surface area contributed by atoms with E-state index in [-0.39, 0.29) is 12.4 Å². The van der Waals surface area contributed by atoms with Gasteiger partial charge in [0, 0.05) is 18.2 Å². The van der Waals surface area contributed by atoms with E-state index in [1.165, 1.54) is 7.11 Å². The normalized spacial score (nSPS) is 10.4. The number of nitrogens with two attached hydrogens (primary N) is 1. The van der Waals surface area contributed by atoms with Gasteiger partial charge in [0.15, 0.2) is 11.6 Å². The second kappa shape index (κ2) is 6.34. The zero-order valence-corrected chi connectivity index (χ0v) is 11.0. The summed E-state index contributed by atoms with van der Waals surface area (Å²) in [5.41, 5.74) is 7.20. The van der Waals surface area contributed by atoms with E-state index in [4.69, 9.17) is 15.2 Å². The van der Waals surface area contributed by atoms with Crippen LogP contribution in [0.25, 0.3) is 0 Å². The molecule has 0 unspecified atom stereocenters. The van der Waals surface area contributed by atoms with Crippen LogP contribution in [-0.2, 0) is 13.2 Å². The Labute approximate surface area is 115 Å². The Kier molecular flexibility index (Phi) is 4.53. The smallest absolute Gasteiger partial charge is 0.165 e.